The summed E-state index contributed by atoms with van der Waals surface area (Å²) in [4.78, 5) is 0. The minimum absolute atomic E-state index is 0.231. The van der Waals surface area contributed by atoms with Crippen molar-refractivity contribution in [2.24, 2.45) is 5.11 Å². The maximum Gasteiger partial charge on any atom is 0.180 e. The summed E-state index contributed by atoms with van der Waals surface area (Å²) in [7, 11) is 0.231. The highest BCUT2D eigenvalue weighted by molar-refractivity contribution is 8.16. The Labute approximate surface area is 65.7 Å². The molecule has 1 atom stereocenters. The van der Waals surface area contributed by atoms with Crippen LogP contribution in [0.4, 0.5) is 0 Å². The van der Waals surface area contributed by atoms with E-state index < -0.39 is 0 Å². The fraction of sp³-hybridized carbons (Fsp3) is 1.00. The third-order valence-electron chi connectivity index (χ3n) is 2.01. The van der Waals surface area contributed by atoms with E-state index in [4.69, 9.17) is 0 Å². The van der Waals surface area contributed by atoms with Crippen molar-refractivity contribution in [2.75, 3.05) is 32.1 Å². The van der Waals surface area contributed by atoms with Crippen LogP contribution in [0.3, 0.4) is 0 Å². The first kappa shape index (κ1) is 8.05. The summed E-state index contributed by atoms with van der Waals surface area (Å²) in [6, 6.07) is 0. The predicted molar refractivity (Wildman–Crippen MR) is 47.6 cm³/mol. The Morgan fingerprint density at radius 1 is 1.60 bits per heavy atom. The number of hydrogen-bond donors (Lipinski definition) is 1. The molecule has 0 saturated heterocycles. The Balaban J connectivity index is 2.36. The molecule has 1 unspecified atom stereocenters. The molecule has 0 bridgehead atoms. The standard InChI is InChI=1S/C7H17N2S/c1-4-9-6-7(5-8-9)10(2)3/h7,10H,4-6H2,1-3H3/q+1. The third kappa shape index (κ3) is 1.72. The van der Waals surface area contributed by atoms with E-state index in [-0.39, 0.29) is 10.9 Å². The van der Waals surface area contributed by atoms with Crippen LogP contribution in [0.1, 0.15) is 6.92 Å². The van der Waals surface area contributed by atoms with E-state index in [2.05, 4.69) is 29.2 Å². The third-order valence-corrected chi connectivity index (χ3v) is 3.80. The molecule has 0 radical (unpaired) electrons. The minimum atomic E-state index is 0.231. The van der Waals surface area contributed by atoms with Gasteiger partial charge in [0.15, 0.2) is 13.1 Å². The molecule has 1 rings (SSSR count). The monoisotopic (exact) mass is 161 g/mol. The average molecular weight is 161 g/mol. The van der Waals surface area contributed by atoms with Gasteiger partial charge in [-0.15, -0.1) is 4.70 Å². The summed E-state index contributed by atoms with van der Waals surface area (Å²) in [5.41, 5.74) is 0. The van der Waals surface area contributed by atoms with Gasteiger partial charge in [0.2, 0.25) is 0 Å². The molecule has 0 aromatic rings. The highest BCUT2D eigenvalue weighted by Gasteiger charge is 2.24. The van der Waals surface area contributed by atoms with Gasteiger partial charge in [-0.2, -0.15) is 0 Å². The van der Waals surface area contributed by atoms with E-state index in [0.29, 0.717) is 0 Å². The molecule has 0 aromatic carbocycles. The van der Waals surface area contributed by atoms with Crippen molar-refractivity contribution in [1.82, 2.24) is 0 Å². The molecule has 3 heteroatoms. The Bertz CT molecular complexity index is 143. The zero-order valence-electron chi connectivity index (χ0n) is 7.04. The van der Waals surface area contributed by atoms with Gasteiger partial charge in [-0.3, -0.25) is 0 Å². The molecule has 0 aromatic heterocycles. The van der Waals surface area contributed by atoms with Gasteiger partial charge in [0, 0.05) is 0 Å². The lowest BCUT2D eigenvalue weighted by molar-refractivity contribution is -0.576. The van der Waals surface area contributed by atoms with Crippen LogP contribution < -0.4 is 0 Å². The van der Waals surface area contributed by atoms with E-state index in [1.807, 2.05) is 0 Å². The van der Waals surface area contributed by atoms with Crippen LogP contribution in [0.2, 0.25) is 0 Å². The van der Waals surface area contributed by atoms with Crippen molar-refractivity contribution < 1.29 is 4.70 Å². The normalized spacial score (nSPS) is 26.5. The Morgan fingerprint density at radius 3 is 2.60 bits per heavy atom. The molecule has 1 aliphatic heterocycles. The van der Waals surface area contributed by atoms with Gasteiger partial charge in [0.1, 0.15) is 6.54 Å². The smallest absolute Gasteiger partial charge is 0.180 e. The molecule has 0 spiro atoms. The molecule has 1 aliphatic rings. The first-order valence-electron chi connectivity index (χ1n) is 3.82. The maximum absolute atomic E-state index is 4.41. The quantitative estimate of drug-likeness (QED) is 0.461. The minimum Gasteiger partial charge on any atom is -0.249 e. The van der Waals surface area contributed by atoms with Crippen molar-refractivity contribution in [1.29, 1.82) is 0 Å². The molecular formula is C7H17N2S+. The second kappa shape index (κ2) is 3.37. The van der Waals surface area contributed by atoms with Crippen LogP contribution in [0.25, 0.3) is 0 Å². The fourth-order valence-corrected chi connectivity index (χ4v) is 2.04. The summed E-state index contributed by atoms with van der Waals surface area (Å²) in [5.74, 6) is 0. The molecule has 0 aliphatic carbocycles. The summed E-state index contributed by atoms with van der Waals surface area (Å²) in [5, 5.41) is 5.28. The number of hydrogen-bond acceptors (Lipinski definition) is 1. The van der Waals surface area contributed by atoms with E-state index in [1.54, 1.807) is 0 Å². The van der Waals surface area contributed by atoms with Crippen LogP contribution in [0, 0.1) is 0 Å². The fourth-order valence-electron chi connectivity index (χ4n) is 1.12. The van der Waals surface area contributed by atoms with E-state index in [0.717, 1.165) is 18.3 Å². The SMILES string of the molecule is CC[N+]1=NCC([SH](C)C)C1. The van der Waals surface area contributed by atoms with Gasteiger partial charge in [-0.05, 0) is 24.5 Å². The number of rotatable bonds is 2. The summed E-state index contributed by atoms with van der Waals surface area (Å²) in [6.45, 7) is 5.53. The molecule has 2 nitrogen and oxygen atoms in total. The topological polar surface area (TPSA) is 15.4 Å². The number of nitrogens with zero attached hydrogens (tertiary/aromatic N) is 2. The van der Waals surface area contributed by atoms with Gasteiger partial charge in [-0.1, -0.05) is 0 Å². The number of thiol groups is 1. The van der Waals surface area contributed by atoms with E-state index in [1.165, 1.54) is 6.54 Å². The van der Waals surface area contributed by atoms with Gasteiger partial charge >= 0.3 is 0 Å². The van der Waals surface area contributed by atoms with Crippen molar-refractivity contribution in [3.8, 4) is 0 Å². The molecule has 10 heavy (non-hydrogen) atoms. The van der Waals surface area contributed by atoms with Crippen LogP contribution in [0.15, 0.2) is 5.11 Å². The molecule has 1 heterocycles. The largest absolute Gasteiger partial charge is 0.249 e. The van der Waals surface area contributed by atoms with Crippen molar-refractivity contribution in [3.63, 3.8) is 0 Å². The summed E-state index contributed by atoms with van der Waals surface area (Å²) >= 11 is 0. The van der Waals surface area contributed by atoms with Gasteiger partial charge in [0.25, 0.3) is 0 Å². The Kier molecular flexibility index (Phi) is 2.72. The van der Waals surface area contributed by atoms with Crippen LogP contribution in [0.5, 0.6) is 0 Å². The highest BCUT2D eigenvalue weighted by Crippen LogP contribution is 2.25. The van der Waals surface area contributed by atoms with Crippen LogP contribution in [-0.2, 0) is 0 Å². The highest BCUT2D eigenvalue weighted by atomic mass is 32.2. The Hall–Kier alpha value is -0.0500. The lowest BCUT2D eigenvalue weighted by atomic mass is 10.4. The van der Waals surface area contributed by atoms with Crippen molar-refractivity contribution >= 4 is 10.9 Å². The van der Waals surface area contributed by atoms with Crippen LogP contribution >= 0.6 is 10.9 Å². The van der Waals surface area contributed by atoms with Crippen molar-refractivity contribution in [2.45, 2.75) is 12.2 Å². The van der Waals surface area contributed by atoms with Crippen LogP contribution in [-0.4, -0.2) is 42.1 Å². The zero-order valence-corrected chi connectivity index (χ0v) is 7.93. The number of azo groups is 2. The predicted octanol–water partition coefficient (Wildman–Crippen LogP) is 1.11. The summed E-state index contributed by atoms with van der Waals surface area (Å²) in [6.07, 6.45) is 4.68. The lowest BCUT2D eigenvalue weighted by Gasteiger charge is -2.12. The molecule has 0 amide bonds. The lowest BCUT2D eigenvalue weighted by Crippen LogP contribution is -2.17. The summed E-state index contributed by atoms with van der Waals surface area (Å²) < 4.78 is 2.19. The second-order valence-electron chi connectivity index (χ2n) is 2.95. The van der Waals surface area contributed by atoms with Gasteiger partial charge < -0.3 is 0 Å². The first-order valence-corrected chi connectivity index (χ1v) is 6.13. The average Bonchev–Trinajstić information content (AvgIpc) is 2.34. The van der Waals surface area contributed by atoms with Gasteiger partial charge in [0.05, 0.1) is 5.25 Å². The van der Waals surface area contributed by atoms with Crippen molar-refractivity contribution in [3.05, 3.63) is 0 Å². The molecular weight excluding hydrogens is 144 g/mol. The maximum atomic E-state index is 4.41. The van der Waals surface area contributed by atoms with E-state index in [9.17, 15) is 0 Å². The first-order chi connectivity index (χ1) is 4.74. The molecule has 0 saturated carbocycles. The second-order valence-corrected chi connectivity index (χ2v) is 5.60. The molecule has 60 valence electrons. The molecule has 0 N–H and O–H groups in total. The zero-order chi connectivity index (χ0) is 7.56. The Morgan fingerprint density at radius 2 is 2.30 bits per heavy atom. The van der Waals surface area contributed by atoms with E-state index >= 15 is 0 Å². The van der Waals surface area contributed by atoms with Gasteiger partial charge in [-0.25, -0.2) is 10.9 Å². The molecule has 0 fully saturated rings.